The molecular formula is C17H28N2O3. The maximum Gasteiger partial charge on any atom is 0.407 e. The highest BCUT2D eigenvalue weighted by Gasteiger charge is 2.18. The molecule has 1 amide bonds. The van der Waals surface area contributed by atoms with Crippen LogP contribution in [0.5, 0.6) is 5.75 Å². The molecule has 0 heterocycles. The lowest BCUT2D eigenvalue weighted by molar-refractivity contribution is 0.0507. The van der Waals surface area contributed by atoms with Crippen LogP contribution < -0.4 is 15.4 Å². The van der Waals surface area contributed by atoms with Gasteiger partial charge in [0.15, 0.2) is 0 Å². The zero-order chi connectivity index (χ0) is 16.8. The minimum absolute atomic E-state index is 0.0251. The number of carbonyl (C=O) groups excluding carboxylic acids is 1. The normalized spacial score (nSPS) is 14.1. The molecule has 0 saturated carbocycles. The Balaban J connectivity index is 2.42. The molecule has 5 heteroatoms. The second kappa shape index (κ2) is 8.03. The van der Waals surface area contributed by atoms with Gasteiger partial charge in [0.05, 0.1) is 7.11 Å². The van der Waals surface area contributed by atoms with E-state index in [-0.39, 0.29) is 12.1 Å². The first-order chi connectivity index (χ1) is 10.2. The third-order valence-corrected chi connectivity index (χ3v) is 3.09. The molecule has 0 radical (unpaired) electrons. The highest BCUT2D eigenvalue weighted by atomic mass is 16.6. The number of amides is 1. The molecule has 0 aliphatic carbocycles. The van der Waals surface area contributed by atoms with Crippen LogP contribution in [0.2, 0.25) is 0 Å². The minimum Gasteiger partial charge on any atom is -0.497 e. The highest BCUT2D eigenvalue weighted by Crippen LogP contribution is 2.18. The summed E-state index contributed by atoms with van der Waals surface area (Å²) in [6.07, 6.45) is -0.393. The summed E-state index contributed by atoms with van der Waals surface area (Å²) in [4.78, 5) is 11.7. The molecule has 124 valence electrons. The quantitative estimate of drug-likeness (QED) is 0.847. The smallest absolute Gasteiger partial charge is 0.407 e. The lowest BCUT2D eigenvalue weighted by Gasteiger charge is -2.23. The van der Waals surface area contributed by atoms with E-state index < -0.39 is 11.7 Å². The van der Waals surface area contributed by atoms with Gasteiger partial charge in [-0.15, -0.1) is 0 Å². The maximum absolute atomic E-state index is 11.7. The number of rotatable bonds is 6. The first-order valence-electron chi connectivity index (χ1n) is 7.58. The first kappa shape index (κ1) is 18.3. The van der Waals surface area contributed by atoms with Crippen LogP contribution in [0.15, 0.2) is 24.3 Å². The van der Waals surface area contributed by atoms with Gasteiger partial charge in [-0.1, -0.05) is 12.1 Å². The van der Waals surface area contributed by atoms with Crippen molar-refractivity contribution in [3.8, 4) is 5.75 Å². The number of hydrogen-bond acceptors (Lipinski definition) is 4. The summed E-state index contributed by atoms with van der Waals surface area (Å²) >= 11 is 0. The predicted molar refractivity (Wildman–Crippen MR) is 88.2 cm³/mol. The maximum atomic E-state index is 11.7. The fraction of sp³-hybridized carbons (Fsp3) is 0.588. The summed E-state index contributed by atoms with van der Waals surface area (Å²) in [5, 5.41) is 6.21. The van der Waals surface area contributed by atoms with E-state index in [0.717, 1.165) is 11.3 Å². The van der Waals surface area contributed by atoms with Crippen molar-refractivity contribution in [2.24, 2.45) is 0 Å². The molecule has 5 nitrogen and oxygen atoms in total. The fourth-order valence-corrected chi connectivity index (χ4v) is 1.94. The molecule has 0 fully saturated rings. The summed E-state index contributed by atoms with van der Waals surface area (Å²) in [7, 11) is 1.66. The second-order valence-corrected chi connectivity index (χ2v) is 6.45. The molecule has 0 bridgehead atoms. The lowest BCUT2D eigenvalue weighted by Crippen LogP contribution is -2.43. The SMILES string of the molecule is COc1cccc(C(C)NCC(C)NC(=O)OC(C)(C)C)c1. The van der Waals surface area contributed by atoms with E-state index in [1.54, 1.807) is 7.11 Å². The average molecular weight is 308 g/mol. The van der Waals surface area contributed by atoms with Crippen molar-refractivity contribution in [1.82, 2.24) is 10.6 Å². The summed E-state index contributed by atoms with van der Waals surface area (Å²) < 4.78 is 10.5. The van der Waals surface area contributed by atoms with Crippen molar-refractivity contribution in [2.45, 2.75) is 52.3 Å². The Labute approximate surface area is 133 Å². The number of alkyl carbamates (subject to hydrolysis) is 1. The van der Waals surface area contributed by atoms with Crippen molar-refractivity contribution in [3.63, 3.8) is 0 Å². The zero-order valence-electron chi connectivity index (χ0n) is 14.4. The van der Waals surface area contributed by atoms with Crippen molar-refractivity contribution >= 4 is 6.09 Å². The molecule has 22 heavy (non-hydrogen) atoms. The molecule has 1 aromatic carbocycles. The first-order valence-corrected chi connectivity index (χ1v) is 7.58. The van der Waals surface area contributed by atoms with Crippen LogP contribution in [0.1, 0.15) is 46.2 Å². The largest absolute Gasteiger partial charge is 0.497 e. The van der Waals surface area contributed by atoms with Gasteiger partial charge in [-0.2, -0.15) is 0 Å². The number of hydrogen-bond donors (Lipinski definition) is 2. The molecule has 0 aromatic heterocycles. The van der Waals surface area contributed by atoms with Gasteiger partial charge in [0, 0.05) is 18.6 Å². The van der Waals surface area contributed by atoms with E-state index >= 15 is 0 Å². The van der Waals surface area contributed by atoms with Gasteiger partial charge in [-0.3, -0.25) is 0 Å². The van der Waals surface area contributed by atoms with E-state index in [2.05, 4.69) is 17.6 Å². The Morgan fingerprint density at radius 1 is 1.27 bits per heavy atom. The van der Waals surface area contributed by atoms with Gasteiger partial charge in [0.1, 0.15) is 11.4 Å². The molecule has 0 spiro atoms. The minimum atomic E-state index is -0.481. The van der Waals surface area contributed by atoms with Gasteiger partial charge >= 0.3 is 6.09 Å². The van der Waals surface area contributed by atoms with E-state index in [0.29, 0.717) is 6.54 Å². The van der Waals surface area contributed by atoms with Gasteiger partial charge in [-0.05, 0) is 52.3 Å². The fourth-order valence-electron chi connectivity index (χ4n) is 1.94. The summed E-state index contributed by atoms with van der Waals surface area (Å²) in [6, 6.07) is 8.08. The van der Waals surface area contributed by atoms with Crippen molar-refractivity contribution in [1.29, 1.82) is 0 Å². The van der Waals surface area contributed by atoms with Crippen LogP contribution in [-0.2, 0) is 4.74 Å². The molecule has 0 aliphatic rings. The molecule has 0 aliphatic heterocycles. The Hall–Kier alpha value is -1.75. The topological polar surface area (TPSA) is 59.6 Å². The Bertz CT molecular complexity index is 483. The standard InChI is InChI=1S/C17H28N2O3/c1-12(19-16(20)22-17(3,4)5)11-18-13(2)14-8-7-9-15(10-14)21-6/h7-10,12-13,18H,11H2,1-6H3,(H,19,20). The monoisotopic (exact) mass is 308 g/mol. The number of methoxy groups -OCH3 is 1. The molecule has 1 aromatic rings. The van der Waals surface area contributed by atoms with Crippen molar-refractivity contribution in [3.05, 3.63) is 29.8 Å². The Morgan fingerprint density at radius 2 is 1.95 bits per heavy atom. The number of carbonyl (C=O) groups is 1. The van der Waals surface area contributed by atoms with Crippen LogP contribution in [0, 0.1) is 0 Å². The summed E-state index contributed by atoms with van der Waals surface area (Å²) in [6.45, 7) is 10.2. The highest BCUT2D eigenvalue weighted by molar-refractivity contribution is 5.68. The van der Waals surface area contributed by atoms with E-state index in [9.17, 15) is 4.79 Å². The predicted octanol–water partition coefficient (Wildman–Crippen LogP) is 3.26. The van der Waals surface area contributed by atoms with Crippen LogP contribution in [0.25, 0.3) is 0 Å². The summed E-state index contributed by atoms with van der Waals surface area (Å²) in [5.41, 5.74) is 0.661. The Morgan fingerprint density at radius 3 is 2.55 bits per heavy atom. The van der Waals surface area contributed by atoms with E-state index in [1.807, 2.05) is 52.0 Å². The van der Waals surface area contributed by atoms with E-state index in [1.165, 1.54) is 0 Å². The second-order valence-electron chi connectivity index (χ2n) is 6.45. The number of nitrogens with one attached hydrogen (secondary N) is 2. The molecular weight excluding hydrogens is 280 g/mol. The van der Waals surface area contributed by atoms with Crippen LogP contribution in [-0.4, -0.2) is 31.4 Å². The number of benzene rings is 1. The Kier molecular flexibility index (Phi) is 6.68. The lowest BCUT2D eigenvalue weighted by atomic mass is 10.1. The molecule has 1 rings (SSSR count). The average Bonchev–Trinajstić information content (AvgIpc) is 2.42. The van der Waals surface area contributed by atoms with Crippen LogP contribution >= 0.6 is 0 Å². The van der Waals surface area contributed by atoms with Crippen LogP contribution in [0.4, 0.5) is 4.79 Å². The molecule has 2 N–H and O–H groups in total. The third-order valence-electron chi connectivity index (χ3n) is 3.09. The third kappa shape index (κ3) is 6.80. The summed E-state index contributed by atoms with van der Waals surface area (Å²) in [5.74, 6) is 0.839. The van der Waals surface area contributed by atoms with Crippen molar-refractivity contribution < 1.29 is 14.3 Å². The van der Waals surface area contributed by atoms with Gasteiger partial charge in [0.2, 0.25) is 0 Å². The molecule has 2 unspecified atom stereocenters. The van der Waals surface area contributed by atoms with Gasteiger partial charge < -0.3 is 20.1 Å². The molecule has 2 atom stereocenters. The van der Waals surface area contributed by atoms with Gasteiger partial charge in [0.25, 0.3) is 0 Å². The number of ether oxygens (including phenoxy) is 2. The van der Waals surface area contributed by atoms with Gasteiger partial charge in [-0.25, -0.2) is 4.79 Å². The van der Waals surface area contributed by atoms with E-state index in [4.69, 9.17) is 9.47 Å². The zero-order valence-corrected chi connectivity index (χ0v) is 14.4. The molecule has 0 saturated heterocycles. The van der Waals surface area contributed by atoms with Crippen LogP contribution in [0.3, 0.4) is 0 Å². The van der Waals surface area contributed by atoms with Crippen molar-refractivity contribution in [2.75, 3.05) is 13.7 Å².